The molecule has 3 aromatic rings. The van der Waals surface area contributed by atoms with Crippen LogP contribution in [0.15, 0.2) is 47.4 Å². The second-order valence-corrected chi connectivity index (χ2v) is 10.6. The van der Waals surface area contributed by atoms with Gasteiger partial charge in [0.1, 0.15) is 11.3 Å². The van der Waals surface area contributed by atoms with Crippen molar-refractivity contribution in [1.82, 2.24) is 9.88 Å². The van der Waals surface area contributed by atoms with E-state index in [1.807, 2.05) is 35.2 Å². The first-order valence-electron chi connectivity index (χ1n) is 11.6. The lowest BCUT2D eigenvalue weighted by Crippen LogP contribution is -2.39. The highest BCUT2D eigenvalue weighted by Gasteiger charge is 2.22. The average Bonchev–Trinajstić information content (AvgIpc) is 3.32. The van der Waals surface area contributed by atoms with Gasteiger partial charge < -0.3 is 9.47 Å². The lowest BCUT2D eigenvalue weighted by Gasteiger charge is -2.27. The second-order valence-electron chi connectivity index (χ2n) is 8.04. The van der Waals surface area contributed by atoms with Gasteiger partial charge >= 0.3 is 0 Å². The lowest BCUT2D eigenvalue weighted by atomic mass is 10.2. The van der Waals surface area contributed by atoms with Gasteiger partial charge in [-0.1, -0.05) is 41.1 Å². The number of amides is 1. The van der Waals surface area contributed by atoms with Crippen LogP contribution in [0.3, 0.4) is 0 Å². The Kier molecular flexibility index (Phi) is 11.4. The average molecular weight is 557 g/mol. The van der Waals surface area contributed by atoms with Crippen molar-refractivity contribution in [2.75, 3.05) is 57.2 Å². The van der Waals surface area contributed by atoms with Crippen molar-refractivity contribution in [2.24, 2.45) is 0 Å². The minimum absolute atomic E-state index is 0. The number of carbonyl (C=O) groups excluding carboxylic acids is 1. The summed E-state index contributed by atoms with van der Waals surface area (Å²) in [5.41, 5.74) is 0.709. The third kappa shape index (κ3) is 7.71. The van der Waals surface area contributed by atoms with Crippen LogP contribution in [0, 0.1) is 0 Å². The van der Waals surface area contributed by atoms with Gasteiger partial charge in [0.05, 0.1) is 30.0 Å². The molecule has 35 heavy (non-hydrogen) atoms. The van der Waals surface area contributed by atoms with Crippen LogP contribution in [0.2, 0.25) is 5.02 Å². The van der Waals surface area contributed by atoms with Crippen LogP contribution in [-0.4, -0.2) is 68.0 Å². The van der Waals surface area contributed by atoms with Gasteiger partial charge in [-0.15, -0.1) is 24.2 Å². The predicted octanol–water partition coefficient (Wildman–Crippen LogP) is 6.01. The van der Waals surface area contributed by atoms with E-state index in [0.717, 1.165) is 56.1 Å². The van der Waals surface area contributed by atoms with E-state index in [9.17, 15) is 4.79 Å². The van der Waals surface area contributed by atoms with E-state index in [1.165, 1.54) is 16.2 Å². The van der Waals surface area contributed by atoms with Gasteiger partial charge in [-0.3, -0.25) is 14.6 Å². The zero-order valence-electron chi connectivity index (χ0n) is 19.8. The van der Waals surface area contributed by atoms with Gasteiger partial charge in [-0.05, 0) is 42.9 Å². The summed E-state index contributed by atoms with van der Waals surface area (Å²) in [5.74, 6) is 1.67. The van der Waals surface area contributed by atoms with Crippen molar-refractivity contribution >= 4 is 68.4 Å². The number of thioether (sulfide) groups is 1. The van der Waals surface area contributed by atoms with Crippen molar-refractivity contribution in [2.45, 2.75) is 24.2 Å². The highest BCUT2D eigenvalue weighted by molar-refractivity contribution is 7.99. The van der Waals surface area contributed by atoms with Gasteiger partial charge in [-0.25, -0.2) is 4.98 Å². The fraction of sp³-hybridized carbons (Fsp3) is 0.440. The number of anilines is 1. The maximum Gasteiger partial charge on any atom is 0.228 e. The second kappa shape index (κ2) is 14.3. The Morgan fingerprint density at radius 1 is 1.20 bits per heavy atom. The zero-order chi connectivity index (χ0) is 23.8. The van der Waals surface area contributed by atoms with Crippen LogP contribution in [0.1, 0.15) is 19.3 Å². The van der Waals surface area contributed by atoms with Crippen LogP contribution in [0.25, 0.3) is 10.2 Å². The summed E-state index contributed by atoms with van der Waals surface area (Å²) in [7, 11) is 1.62. The number of fused-ring (bicyclic) bond motifs is 1. The topological polar surface area (TPSA) is 54.9 Å². The normalized spacial score (nSPS) is 14.0. The van der Waals surface area contributed by atoms with Crippen LogP contribution < -0.4 is 9.64 Å². The first-order chi connectivity index (χ1) is 16.7. The Balaban J connectivity index is 0.00000342. The summed E-state index contributed by atoms with van der Waals surface area (Å²) in [4.78, 5) is 23.6. The number of benzene rings is 2. The van der Waals surface area contributed by atoms with Crippen LogP contribution in [-0.2, 0) is 9.53 Å². The fourth-order valence-electron chi connectivity index (χ4n) is 3.89. The number of methoxy groups -OCH3 is 1. The number of halogens is 2. The van der Waals surface area contributed by atoms with Crippen LogP contribution in [0.4, 0.5) is 5.13 Å². The molecule has 1 saturated heterocycles. The first-order valence-corrected chi connectivity index (χ1v) is 13.7. The number of hydrogen-bond acceptors (Lipinski definition) is 7. The number of thiazole rings is 1. The van der Waals surface area contributed by atoms with Gasteiger partial charge in [-0.2, -0.15) is 0 Å². The quantitative estimate of drug-likeness (QED) is 0.213. The first kappa shape index (κ1) is 28.0. The van der Waals surface area contributed by atoms with E-state index < -0.39 is 0 Å². The lowest BCUT2D eigenvalue weighted by molar-refractivity contribution is -0.118. The highest BCUT2D eigenvalue weighted by Crippen LogP contribution is 2.39. The molecule has 1 fully saturated rings. The molecule has 2 aromatic carbocycles. The van der Waals surface area contributed by atoms with Gasteiger partial charge in [0.2, 0.25) is 5.91 Å². The number of rotatable bonds is 11. The van der Waals surface area contributed by atoms with Crippen molar-refractivity contribution in [3.8, 4) is 5.75 Å². The molecule has 0 bridgehead atoms. The number of carbonyl (C=O) groups is 1. The molecule has 2 heterocycles. The molecule has 190 valence electrons. The molecule has 0 spiro atoms. The predicted molar refractivity (Wildman–Crippen MR) is 149 cm³/mol. The third-order valence-electron chi connectivity index (χ3n) is 5.71. The van der Waals surface area contributed by atoms with Gasteiger partial charge in [0.25, 0.3) is 0 Å². The summed E-state index contributed by atoms with van der Waals surface area (Å²) < 4.78 is 11.8. The minimum atomic E-state index is 0. The summed E-state index contributed by atoms with van der Waals surface area (Å²) >= 11 is 9.68. The molecular weight excluding hydrogens is 525 g/mol. The molecule has 4 rings (SSSR count). The van der Waals surface area contributed by atoms with E-state index in [0.29, 0.717) is 34.4 Å². The molecule has 1 aliphatic rings. The van der Waals surface area contributed by atoms with E-state index in [1.54, 1.807) is 18.9 Å². The maximum absolute atomic E-state index is 13.3. The largest absolute Gasteiger partial charge is 0.494 e. The van der Waals surface area contributed by atoms with Crippen LogP contribution in [0.5, 0.6) is 5.75 Å². The highest BCUT2D eigenvalue weighted by atomic mass is 35.5. The minimum Gasteiger partial charge on any atom is -0.494 e. The standard InChI is InChI=1S/C25H30ClN3O3S2.ClH/c1-31-21-11-10-20(26)24-23(21)27-25(34-24)29(13-6-12-28-14-16-32-17-15-28)22(30)9-5-18-33-19-7-3-2-4-8-19;/h2-4,7-8,10-11H,5-6,9,12-18H2,1H3;1H. The molecule has 0 unspecified atom stereocenters. The molecule has 1 amide bonds. The molecule has 0 radical (unpaired) electrons. The van der Waals surface area contributed by atoms with Gasteiger partial charge in [0.15, 0.2) is 5.13 Å². The van der Waals surface area contributed by atoms with Crippen molar-refractivity contribution in [1.29, 1.82) is 0 Å². The Morgan fingerprint density at radius 2 is 1.97 bits per heavy atom. The number of nitrogens with zero attached hydrogens (tertiary/aromatic N) is 3. The molecule has 1 aliphatic heterocycles. The maximum atomic E-state index is 13.3. The molecule has 0 saturated carbocycles. The van der Waals surface area contributed by atoms with Crippen molar-refractivity contribution in [3.63, 3.8) is 0 Å². The number of morpholine rings is 1. The van der Waals surface area contributed by atoms with Gasteiger partial charge in [0, 0.05) is 37.5 Å². The summed E-state index contributed by atoms with van der Waals surface area (Å²) in [6.07, 6.45) is 2.18. The molecule has 1 aromatic heterocycles. The molecule has 0 aliphatic carbocycles. The van der Waals surface area contributed by atoms with E-state index >= 15 is 0 Å². The SMILES string of the molecule is COc1ccc(Cl)c2sc(N(CCCN3CCOCC3)C(=O)CCCSc3ccccc3)nc12.Cl. The zero-order valence-corrected chi connectivity index (χ0v) is 23.0. The Labute approximate surface area is 226 Å². The molecule has 0 atom stereocenters. The Bertz CT molecular complexity index is 1080. The number of aromatic nitrogens is 1. The summed E-state index contributed by atoms with van der Waals surface area (Å²) in [5, 5.41) is 1.31. The molecule has 0 N–H and O–H groups in total. The summed E-state index contributed by atoms with van der Waals surface area (Å²) in [6.45, 7) is 5.00. The van der Waals surface area contributed by atoms with E-state index in [-0.39, 0.29) is 18.3 Å². The van der Waals surface area contributed by atoms with Crippen molar-refractivity contribution < 1.29 is 14.3 Å². The monoisotopic (exact) mass is 555 g/mol. The van der Waals surface area contributed by atoms with E-state index in [2.05, 4.69) is 17.0 Å². The third-order valence-corrected chi connectivity index (χ3v) is 8.34. The Hall–Kier alpha value is -1.55. The molecule has 10 heteroatoms. The van der Waals surface area contributed by atoms with Crippen molar-refractivity contribution in [3.05, 3.63) is 47.5 Å². The molecule has 6 nitrogen and oxygen atoms in total. The number of ether oxygens (including phenoxy) is 2. The molecular formula is C25H31Cl2N3O3S2. The smallest absolute Gasteiger partial charge is 0.228 e. The Morgan fingerprint density at radius 3 is 2.71 bits per heavy atom. The van der Waals surface area contributed by atoms with E-state index in [4.69, 9.17) is 26.1 Å². The summed E-state index contributed by atoms with van der Waals surface area (Å²) in [6, 6.07) is 13.9. The number of hydrogen-bond donors (Lipinski definition) is 0. The fourth-order valence-corrected chi connectivity index (χ4v) is 6.06. The van der Waals surface area contributed by atoms with Crippen LogP contribution >= 0.6 is 47.1 Å².